The summed E-state index contributed by atoms with van der Waals surface area (Å²) in [6.45, 7) is 7.62. The Hall–Kier alpha value is -3.13. The van der Waals surface area contributed by atoms with Crippen LogP contribution < -0.4 is 6.15 Å². The van der Waals surface area contributed by atoms with Crippen molar-refractivity contribution in [3.05, 3.63) is 54.1 Å². The number of phenolic OH excluding ortho intramolecular Hbond substituents is 2. The molecule has 3 aromatic carbocycles. The topological polar surface area (TPSA) is 215 Å². The fourth-order valence-electron chi connectivity index (χ4n) is 2.45. The lowest BCUT2D eigenvalue weighted by atomic mass is 10.1. The maximum absolute atomic E-state index is 11.5. The Bertz CT molecular complexity index is 1160. The van der Waals surface area contributed by atoms with Gasteiger partial charge in [0.25, 0.3) is 10.1 Å². The van der Waals surface area contributed by atoms with Crippen LogP contribution in [0.15, 0.2) is 63.7 Å². The van der Waals surface area contributed by atoms with Crippen molar-refractivity contribution >= 4 is 32.3 Å². The van der Waals surface area contributed by atoms with Crippen molar-refractivity contribution in [3.63, 3.8) is 0 Å². The number of aryl methyl sites for hydroxylation is 1. The average Bonchev–Trinajstić information content (AvgIpc) is 2.76. The van der Waals surface area contributed by atoms with Crippen LogP contribution in [0.1, 0.15) is 26.3 Å². The van der Waals surface area contributed by atoms with Crippen LogP contribution in [-0.4, -0.2) is 58.3 Å². The molecular weight excluding hydrogens is 478 g/mol. The van der Waals surface area contributed by atoms with E-state index in [4.69, 9.17) is 15.3 Å². The second kappa shape index (κ2) is 17.3. The van der Waals surface area contributed by atoms with Gasteiger partial charge < -0.3 is 31.7 Å². The summed E-state index contributed by atoms with van der Waals surface area (Å²) in [5, 5.41) is 51.1. The standard InChI is InChI=1S/C17H14N2O5S.3C2H6O.H3N/c1-10-6-7-14(20)13(8-10)18-19-17-12-5-3-2-4-11(12)16(9-15(17)21)25(22,23)24;3*1-2-3;/h2-9,20-21H,1H3,(H,22,23,24);3*3H,2H2,1H3;1H3/b19-18+;;;;. The molecule has 196 valence electrons. The number of fused-ring (bicyclic) bond motifs is 1. The van der Waals surface area contributed by atoms with Crippen LogP contribution in [-0.2, 0) is 10.1 Å². The average molecular weight is 514 g/mol. The summed E-state index contributed by atoms with van der Waals surface area (Å²) >= 11 is 0. The third kappa shape index (κ3) is 11.2. The van der Waals surface area contributed by atoms with E-state index < -0.39 is 20.8 Å². The number of rotatable bonds is 3. The highest BCUT2D eigenvalue weighted by Gasteiger charge is 2.19. The van der Waals surface area contributed by atoms with Crippen molar-refractivity contribution in [2.45, 2.75) is 32.6 Å². The predicted molar refractivity (Wildman–Crippen MR) is 136 cm³/mol. The molecule has 35 heavy (non-hydrogen) atoms. The van der Waals surface area contributed by atoms with Crippen molar-refractivity contribution in [3.8, 4) is 11.5 Å². The Labute approximate surface area is 205 Å². The molecule has 0 saturated heterocycles. The van der Waals surface area contributed by atoms with Crippen LogP contribution in [0.4, 0.5) is 11.4 Å². The lowest BCUT2D eigenvalue weighted by molar-refractivity contribution is 0.318. The van der Waals surface area contributed by atoms with Gasteiger partial charge in [0.05, 0.1) is 0 Å². The van der Waals surface area contributed by atoms with Crippen LogP contribution >= 0.6 is 0 Å². The molecule has 12 heteroatoms. The van der Waals surface area contributed by atoms with Gasteiger partial charge in [0.2, 0.25) is 0 Å². The zero-order valence-corrected chi connectivity index (χ0v) is 21.1. The molecule has 0 amide bonds. The number of aliphatic hydroxyl groups is 3. The number of hydrogen-bond donors (Lipinski definition) is 7. The molecule has 11 nitrogen and oxygen atoms in total. The second-order valence-corrected chi connectivity index (χ2v) is 7.79. The first kappa shape index (κ1) is 34.0. The van der Waals surface area contributed by atoms with E-state index >= 15 is 0 Å². The van der Waals surface area contributed by atoms with Gasteiger partial charge in [-0.2, -0.15) is 8.42 Å². The first-order valence-electron chi connectivity index (χ1n) is 10.3. The number of nitrogens with zero attached hydrogens (tertiary/aromatic N) is 2. The molecule has 0 radical (unpaired) electrons. The van der Waals surface area contributed by atoms with Crippen LogP contribution in [0.25, 0.3) is 10.8 Å². The molecule has 0 heterocycles. The Balaban J connectivity index is 0. The van der Waals surface area contributed by atoms with Gasteiger partial charge in [-0.25, -0.2) is 0 Å². The highest BCUT2D eigenvalue weighted by molar-refractivity contribution is 7.86. The predicted octanol–water partition coefficient (Wildman–Crippen LogP) is 4.38. The Morgan fingerprint density at radius 1 is 0.771 bits per heavy atom. The molecule has 3 rings (SSSR count). The van der Waals surface area contributed by atoms with Gasteiger partial charge in [-0.3, -0.25) is 4.55 Å². The first-order valence-corrected chi connectivity index (χ1v) is 11.7. The molecule has 0 fully saturated rings. The van der Waals surface area contributed by atoms with Crippen molar-refractivity contribution in [1.82, 2.24) is 6.15 Å². The second-order valence-electron chi connectivity index (χ2n) is 6.40. The summed E-state index contributed by atoms with van der Waals surface area (Å²) in [5.41, 5.74) is 1.11. The largest absolute Gasteiger partial charge is 0.506 e. The Morgan fingerprint density at radius 2 is 1.26 bits per heavy atom. The molecule has 3 aromatic rings. The minimum atomic E-state index is -4.52. The molecule has 0 atom stereocenters. The Morgan fingerprint density at radius 3 is 1.74 bits per heavy atom. The smallest absolute Gasteiger partial charge is 0.295 e. The minimum absolute atomic E-state index is 0. The van der Waals surface area contributed by atoms with E-state index in [0.29, 0.717) is 5.39 Å². The summed E-state index contributed by atoms with van der Waals surface area (Å²) in [7, 11) is -4.52. The van der Waals surface area contributed by atoms with Crippen molar-refractivity contribution < 1.29 is 38.5 Å². The van der Waals surface area contributed by atoms with E-state index in [2.05, 4.69) is 10.2 Å². The van der Waals surface area contributed by atoms with E-state index in [1.54, 1.807) is 51.1 Å². The summed E-state index contributed by atoms with van der Waals surface area (Å²) in [5.74, 6) is -0.532. The number of phenols is 2. The number of aromatic hydroxyl groups is 2. The highest BCUT2D eigenvalue weighted by Crippen LogP contribution is 2.40. The maximum atomic E-state index is 11.5. The minimum Gasteiger partial charge on any atom is -0.506 e. The summed E-state index contributed by atoms with van der Waals surface area (Å²) < 4.78 is 32.4. The molecule has 0 saturated carbocycles. The fraction of sp³-hybridized carbons (Fsp3) is 0.304. The van der Waals surface area contributed by atoms with E-state index in [1.165, 1.54) is 12.1 Å². The van der Waals surface area contributed by atoms with Crippen molar-refractivity contribution in [2.24, 2.45) is 10.2 Å². The van der Waals surface area contributed by atoms with Gasteiger partial charge in [0, 0.05) is 36.7 Å². The molecule has 0 unspecified atom stereocenters. The lowest BCUT2D eigenvalue weighted by Gasteiger charge is -2.08. The Kier molecular flexibility index (Phi) is 16.9. The van der Waals surface area contributed by atoms with E-state index in [9.17, 15) is 23.2 Å². The molecule has 9 N–H and O–H groups in total. The molecule has 0 spiro atoms. The number of aliphatic hydroxyl groups excluding tert-OH is 3. The van der Waals surface area contributed by atoms with Gasteiger partial charge in [0.15, 0.2) is 0 Å². The van der Waals surface area contributed by atoms with Crippen molar-refractivity contribution in [1.29, 1.82) is 0 Å². The van der Waals surface area contributed by atoms with Crippen LogP contribution in [0.2, 0.25) is 0 Å². The van der Waals surface area contributed by atoms with Crippen LogP contribution in [0.5, 0.6) is 11.5 Å². The SMILES string of the molecule is CCO.CCO.CCO.Cc1ccc(O)c(/N=N/c2c(O)cc(S(=O)(=O)O)c3ccccc23)c1.N. The maximum Gasteiger partial charge on any atom is 0.295 e. The van der Waals surface area contributed by atoms with Crippen molar-refractivity contribution in [2.75, 3.05) is 19.8 Å². The highest BCUT2D eigenvalue weighted by atomic mass is 32.2. The van der Waals surface area contributed by atoms with Gasteiger partial charge in [0.1, 0.15) is 27.8 Å². The number of benzene rings is 3. The first-order chi connectivity index (χ1) is 16.0. The summed E-state index contributed by atoms with van der Waals surface area (Å²) in [6.07, 6.45) is 0. The molecular formula is C23H35N3O8S. The van der Waals surface area contributed by atoms with Crippen LogP contribution in [0.3, 0.4) is 0 Å². The zero-order chi connectivity index (χ0) is 26.3. The normalized spacial score (nSPS) is 10.2. The van der Waals surface area contributed by atoms with Gasteiger partial charge in [-0.15, -0.1) is 10.2 Å². The van der Waals surface area contributed by atoms with E-state index in [0.717, 1.165) is 11.6 Å². The van der Waals surface area contributed by atoms with Gasteiger partial charge in [-0.1, -0.05) is 30.3 Å². The van der Waals surface area contributed by atoms with Crippen LogP contribution in [0, 0.1) is 6.92 Å². The van der Waals surface area contributed by atoms with Gasteiger partial charge >= 0.3 is 0 Å². The molecule has 0 aliphatic carbocycles. The zero-order valence-electron chi connectivity index (χ0n) is 20.2. The van der Waals surface area contributed by atoms with E-state index in [1.807, 2.05) is 6.92 Å². The summed E-state index contributed by atoms with van der Waals surface area (Å²) in [6, 6.07) is 12.0. The molecule has 0 aromatic heterocycles. The van der Waals surface area contributed by atoms with E-state index in [-0.39, 0.29) is 48.5 Å². The van der Waals surface area contributed by atoms with Gasteiger partial charge in [-0.05, 0) is 45.4 Å². The monoisotopic (exact) mass is 513 g/mol. The third-order valence-electron chi connectivity index (χ3n) is 3.62. The number of azo groups is 1. The molecule has 0 aliphatic heterocycles. The summed E-state index contributed by atoms with van der Waals surface area (Å²) in [4.78, 5) is -0.419. The fourth-order valence-corrected chi connectivity index (χ4v) is 3.17. The quantitative estimate of drug-likeness (QED) is 0.195. The molecule has 0 aliphatic rings. The lowest BCUT2D eigenvalue weighted by Crippen LogP contribution is -1.99. The number of hydrogen-bond acceptors (Lipinski definition) is 10. The third-order valence-corrected chi connectivity index (χ3v) is 4.52. The molecule has 0 bridgehead atoms.